The maximum Gasteiger partial charge on any atom is 0.119 e. The molecule has 0 bridgehead atoms. The second kappa shape index (κ2) is 9.19. The minimum Gasteiger partial charge on any atom is -0.494 e. The first-order chi connectivity index (χ1) is 14.3. The van der Waals surface area contributed by atoms with Crippen LogP contribution < -0.4 is 9.47 Å². The number of fused-ring (bicyclic) bond motifs is 1. The Morgan fingerprint density at radius 2 is 1.48 bits per heavy atom. The summed E-state index contributed by atoms with van der Waals surface area (Å²) in [5.41, 5.74) is 3.98. The Morgan fingerprint density at radius 1 is 0.828 bits per heavy atom. The molecule has 2 aromatic carbocycles. The van der Waals surface area contributed by atoms with Crippen molar-refractivity contribution < 1.29 is 9.47 Å². The van der Waals surface area contributed by atoms with Gasteiger partial charge in [0.05, 0.1) is 19.3 Å². The van der Waals surface area contributed by atoms with Crippen LogP contribution in [0, 0.1) is 0 Å². The van der Waals surface area contributed by atoms with E-state index in [1.54, 1.807) is 0 Å². The number of rotatable bonds is 7. The van der Waals surface area contributed by atoms with Gasteiger partial charge in [-0.25, -0.2) is 0 Å². The van der Waals surface area contributed by atoms with Crippen molar-refractivity contribution in [3.05, 3.63) is 83.7 Å². The summed E-state index contributed by atoms with van der Waals surface area (Å²) in [6, 6.07) is 21.8. The van der Waals surface area contributed by atoms with Gasteiger partial charge in [-0.15, -0.1) is 0 Å². The van der Waals surface area contributed by atoms with Gasteiger partial charge in [0.25, 0.3) is 0 Å². The van der Waals surface area contributed by atoms with E-state index in [2.05, 4.69) is 76.3 Å². The number of hydrogen-bond acceptors (Lipinski definition) is 3. The molecular formula is C25H30N2O2. The van der Waals surface area contributed by atoms with Crippen LogP contribution >= 0.6 is 0 Å². The molecule has 1 aromatic heterocycles. The van der Waals surface area contributed by atoms with E-state index in [-0.39, 0.29) is 6.04 Å². The Morgan fingerprint density at radius 3 is 2.14 bits per heavy atom. The maximum atomic E-state index is 5.65. The number of hydrogen-bond donors (Lipinski definition) is 0. The topological polar surface area (TPSA) is 26.6 Å². The van der Waals surface area contributed by atoms with Crippen molar-refractivity contribution >= 4 is 0 Å². The van der Waals surface area contributed by atoms with Gasteiger partial charge in [0.2, 0.25) is 0 Å². The molecule has 1 aliphatic rings. The highest BCUT2D eigenvalue weighted by Gasteiger charge is 2.27. The lowest BCUT2D eigenvalue weighted by Gasteiger charge is -2.31. The Hall–Kier alpha value is -2.72. The van der Waals surface area contributed by atoms with E-state index in [0.717, 1.165) is 37.6 Å². The molecular weight excluding hydrogens is 360 g/mol. The smallest absolute Gasteiger partial charge is 0.119 e. The highest BCUT2D eigenvalue weighted by atomic mass is 16.5. The summed E-state index contributed by atoms with van der Waals surface area (Å²) in [7, 11) is 0. The lowest BCUT2D eigenvalue weighted by atomic mass is 10.0. The fourth-order valence-corrected chi connectivity index (χ4v) is 4.20. The molecule has 0 unspecified atom stereocenters. The van der Waals surface area contributed by atoms with E-state index >= 15 is 0 Å². The van der Waals surface area contributed by atoms with Crippen molar-refractivity contribution in [3.63, 3.8) is 0 Å². The number of aromatic nitrogens is 1. The quantitative estimate of drug-likeness (QED) is 0.549. The summed E-state index contributed by atoms with van der Waals surface area (Å²) in [6.45, 7) is 8.46. The molecule has 4 nitrogen and oxygen atoms in total. The van der Waals surface area contributed by atoms with Crippen LogP contribution in [0.25, 0.3) is 0 Å². The molecule has 0 N–H and O–H groups in total. The van der Waals surface area contributed by atoms with Gasteiger partial charge in [0.1, 0.15) is 11.5 Å². The van der Waals surface area contributed by atoms with E-state index in [1.165, 1.54) is 16.8 Å². The monoisotopic (exact) mass is 390 g/mol. The fraction of sp³-hybridized carbons (Fsp3) is 0.360. The highest BCUT2D eigenvalue weighted by Crippen LogP contribution is 2.34. The van der Waals surface area contributed by atoms with Gasteiger partial charge in [-0.1, -0.05) is 24.3 Å². The lowest BCUT2D eigenvalue weighted by molar-refractivity contribution is 0.220. The number of aryl methyl sites for hydroxylation is 1. The van der Waals surface area contributed by atoms with Crippen LogP contribution in [-0.4, -0.2) is 29.2 Å². The SMILES string of the molecule is CCOc1ccc(CN2CCCn3cccc3[C@H]2c2ccc(OCC)cc2)cc1. The normalized spacial score (nSPS) is 16.8. The van der Waals surface area contributed by atoms with Gasteiger partial charge in [-0.05, 0) is 67.8 Å². The van der Waals surface area contributed by atoms with Gasteiger partial charge in [-0.3, -0.25) is 4.90 Å². The third-order valence-electron chi connectivity index (χ3n) is 5.48. The number of nitrogens with zero attached hydrogens (tertiary/aromatic N) is 2. The van der Waals surface area contributed by atoms with Crippen molar-refractivity contribution in [1.29, 1.82) is 0 Å². The summed E-state index contributed by atoms with van der Waals surface area (Å²) in [5, 5.41) is 0. The van der Waals surface area contributed by atoms with E-state index < -0.39 is 0 Å². The van der Waals surface area contributed by atoms with Crippen molar-refractivity contribution in [2.24, 2.45) is 0 Å². The van der Waals surface area contributed by atoms with Gasteiger partial charge >= 0.3 is 0 Å². The van der Waals surface area contributed by atoms with Crippen molar-refractivity contribution in [3.8, 4) is 11.5 Å². The molecule has 0 saturated carbocycles. The van der Waals surface area contributed by atoms with Crippen LogP contribution in [0.15, 0.2) is 66.9 Å². The standard InChI is InChI=1S/C25H30N2O2/c1-3-28-22-12-8-20(9-13-22)19-27-18-6-17-26-16-5-7-24(26)25(27)21-10-14-23(15-11-21)29-4-2/h5,7-16,25H,3-4,6,17-19H2,1-2H3/t25-/m1/s1. The molecule has 0 amide bonds. The summed E-state index contributed by atoms with van der Waals surface area (Å²) in [4.78, 5) is 2.59. The summed E-state index contributed by atoms with van der Waals surface area (Å²) < 4.78 is 13.7. The molecule has 2 heterocycles. The largest absolute Gasteiger partial charge is 0.494 e. The third kappa shape index (κ3) is 4.48. The van der Waals surface area contributed by atoms with Crippen LogP contribution in [-0.2, 0) is 13.1 Å². The zero-order chi connectivity index (χ0) is 20.1. The van der Waals surface area contributed by atoms with Gasteiger partial charge in [0.15, 0.2) is 0 Å². The zero-order valence-electron chi connectivity index (χ0n) is 17.4. The predicted octanol–water partition coefficient (Wildman–Crippen LogP) is 5.28. The lowest BCUT2D eigenvalue weighted by Crippen LogP contribution is -2.29. The molecule has 0 fully saturated rings. The van der Waals surface area contributed by atoms with Crippen LogP contribution in [0.5, 0.6) is 11.5 Å². The first-order valence-corrected chi connectivity index (χ1v) is 10.6. The Labute approximate surface area is 173 Å². The van der Waals surface area contributed by atoms with E-state index in [4.69, 9.17) is 9.47 Å². The first-order valence-electron chi connectivity index (χ1n) is 10.6. The average Bonchev–Trinajstić information content (AvgIpc) is 3.12. The Kier molecular flexibility index (Phi) is 6.20. The molecule has 1 aliphatic heterocycles. The average molecular weight is 391 g/mol. The van der Waals surface area contributed by atoms with E-state index in [9.17, 15) is 0 Å². The molecule has 29 heavy (non-hydrogen) atoms. The summed E-state index contributed by atoms with van der Waals surface area (Å²) in [5.74, 6) is 1.86. The zero-order valence-corrected chi connectivity index (χ0v) is 17.4. The second-order valence-electron chi connectivity index (χ2n) is 7.43. The summed E-state index contributed by atoms with van der Waals surface area (Å²) >= 11 is 0. The highest BCUT2D eigenvalue weighted by molar-refractivity contribution is 5.35. The number of ether oxygens (including phenoxy) is 2. The fourth-order valence-electron chi connectivity index (χ4n) is 4.20. The number of benzene rings is 2. The maximum absolute atomic E-state index is 5.65. The molecule has 0 aliphatic carbocycles. The molecule has 0 spiro atoms. The van der Waals surface area contributed by atoms with Crippen LogP contribution in [0.4, 0.5) is 0 Å². The molecule has 152 valence electrons. The first kappa shape index (κ1) is 19.6. The summed E-state index contributed by atoms with van der Waals surface area (Å²) in [6.07, 6.45) is 3.35. The van der Waals surface area contributed by atoms with Crippen molar-refractivity contribution in [1.82, 2.24) is 9.47 Å². The molecule has 0 saturated heterocycles. The van der Waals surface area contributed by atoms with Crippen molar-refractivity contribution in [2.75, 3.05) is 19.8 Å². The van der Waals surface area contributed by atoms with Gasteiger partial charge < -0.3 is 14.0 Å². The molecule has 4 rings (SSSR count). The van der Waals surface area contributed by atoms with E-state index in [1.807, 2.05) is 13.8 Å². The minimum absolute atomic E-state index is 0.231. The minimum atomic E-state index is 0.231. The molecule has 4 heteroatoms. The van der Waals surface area contributed by atoms with Crippen LogP contribution in [0.1, 0.15) is 43.1 Å². The Balaban J connectivity index is 1.63. The molecule has 0 radical (unpaired) electrons. The predicted molar refractivity (Wildman–Crippen MR) is 117 cm³/mol. The second-order valence-corrected chi connectivity index (χ2v) is 7.43. The Bertz CT molecular complexity index is 899. The van der Waals surface area contributed by atoms with Gasteiger partial charge in [-0.2, -0.15) is 0 Å². The van der Waals surface area contributed by atoms with E-state index in [0.29, 0.717) is 13.2 Å². The molecule has 3 aromatic rings. The van der Waals surface area contributed by atoms with Gasteiger partial charge in [0, 0.05) is 31.5 Å². The van der Waals surface area contributed by atoms with Crippen LogP contribution in [0.3, 0.4) is 0 Å². The molecule has 1 atom stereocenters. The third-order valence-corrected chi connectivity index (χ3v) is 5.48. The van der Waals surface area contributed by atoms with Crippen molar-refractivity contribution in [2.45, 2.75) is 39.4 Å². The van der Waals surface area contributed by atoms with Crippen LogP contribution in [0.2, 0.25) is 0 Å².